The van der Waals surface area contributed by atoms with Gasteiger partial charge in [-0.2, -0.15) is 5.26 Å². The number of nitriles is 1. The molecule has 0 saturated heterocycles. The lowest BCUT2D eigenvalue weighted by Gasteiger charge is -2.13. The molecule has 0 aliphatic rings. The van der Waals surface area contributed by atoms with Gasteiger partial charge in [0.05, 0.1) is 31.2 Å². The van der Waals surface area contributed by atoms with Crippen LogP contribution >= 0.6 is 11.6 Å². The number of carbonyl (C=O) groups excluding carboxylic acids is 1. The van der Waals surface area contributed by atoms with Crippen molar-refractivity contribution in [1.29, 1.82) is 5.26 Å². The standard InChI is InChI=1S/C16H19ClN2O3/c1-4-22-14-11-12(10-13(17)16(14)21-3)6-7-15(20)19(2)9-5-8-18/h6-7,10-11H,4-5,9H2,1-3H3/b7-6+. The number of ether oxygens (including phenoxy) is 2. The average molecular weight is 323 g/mol. The van der Waals surface area contributed by atoms with Gasteiger partial charge in [-0.1, -0.05) is 11.6 Å². The van der Waals surface area contributed by atoms with Crippen molar-refractivity contribution < 1.29 is 14.3 Å². The van der Waals surface area contributed by atoms with E-state index in [2.05, 4.69) is 0 Å². The number of hydrogen-bond donors (Lipinski definition) is 0. The van der Waals surface area contributed by atoms with Crippen LogP contribution < -0.4 is 9.47 Å². The van der Waals surface area contributed by atoms with Gasteiger partial charge in [-0.05, 0) is 30.7 Å². The molecule has 0 saturated carbocycles. The van der Waals surface area contributed by atoms with Crippen LogP contribution in [0, 0.1) is 11.3 Å². The van der Waals surface area contributed by atoms with Gasteiger partial charge in [-0.25, -0.2) is 0 Å². The van der Waals surface area contributed by atoms with E-state index in [0.717, 1.165) is 5.56 Å². The summed E-state index contributed by atoms with van der Waals surface area (Å²) in [6.45, 7) is 2.74. The molecule has 5 nitrogen and oxygen atoms in total. The maximum absolute atomic E-state index is 11.9. The van der Waals surface area contributed by atoms with Crippen LogP contribution in [0.5, 0.6) is 11.5 Å². The summed E-state index contributed by atoms with van der Waals surface area (Å²) in [6.07, 6.45) is 3.39. The molecule has 1 rings (SSSR count). The molecule has 1 aromatic carbocycles. The first-order valence-electron chi connectivity index (χ1n) is 6.83. The van der Waals surface area contributed by atoms with Gasteiger partial charge in [0, 0.05) is 19.7 Å². The second-order valence-electron chi connectivity index (χ2n) is 4.47. The van der Waals surface area contributed by atoms with Crippen LogP contribution in [0.2, 0.25) is 5.02 Å². The molecule has 0 fully saturated rings. The van der Waals surface area contributed by atoms with Crippen LogP contribution in [-0.2, 0) is 4.79 Å². The summed E-state index contributed by atoms with van der Waals surface area (Å²) in [4.78, 5) is 13.4. The molecule has 0 aromatic heterocycles. The fourth-order valence-corrected chi connectivity index (χ4v) is 2.06. The predicted molar refractivity (Wildman–Crippen MR) is 86.1 cm³/mol. The summed E-state index contributed by atoms with van der Waals surface area (Å²) in [7, 11) is 3.17. The van der Waals surface area contributed by atoms with Crippen LogP contribution in [0.3, 0.4) is 0 Å². The van der Waals surface area contributed by atoms with Gasteiger partial charge in [0.25, 0.3) is 0 Å². The highest BCUT2D eigenvalue weighted by Crippen LogP contribution is 2.36. The Morgan fingerprint density at radius 2 is 2.23 bits per heavy atom. The van der Waals surface area contributed by atoms with Crippen molar-refractivity contribution in [3.05, 3.63) is 28.8 Å². The Hall–Kier alpha value is -2.19. The van der Waals surface area contributed by atoms with E-state index in [0.29, 0.717) is 36.1 Å². The Bertz CT molecular complexity index is 594. The SMILES string of the molecule is CCOc1cc(/C=C/C(=O)N(C)CCC#N)cc(Cl)c1OC. The highest BCUT2D eigenvalue weighted by atomic mass is 35.5. The van der Waals surface area contributed by atoms with Crippen molar-refractivity contribution in [3.63, 3.8) is 0 Å². The minimum absolute atomic E-state index is 0.180. The average Bonchev–Trinajstić information content (AvgIpc) is 2.50. The number of hydrogen-bond acceptors (Lipinski definition) is 4. The summed E-state index contributed by atoms with van der Waals surface area (Å²) in [5, 5.41) is 8.93. The lowest BCUT2D eigenvalue weighted by atomic mass is 10.2. The van der Waals surface area contributed by atoms with E-state index in [9.17, 15) is 4.79 Å². The monoisotopic (exact) mass is 322 g/mol. The topological polar surface area (TPSA) is 62.6 Å². The first kappa shape index (κ1) is 17.9. The van der Waals surface area contributed by atoms with Crippen LogP contribution in [0.15, 0.2) is 18.2 Å². The molecule has 0 radical (unpaired) electrons. The van der Waals surface area contributed by atoms with E-state index in [1.54, 1.807) is 25.3 Å². The highest BCUT2D eigenvalue weighted by Gasteiger charge is 2.11. The molecule has 0 atom stereocenters. The molecule has 1 aromatic rings. The Morgan fingerprint density at radius 1 is 1.50 bits per heavy atom. The van der Waals surface area contributed by atoms with Crippen LogP contribution in [0.1, 0.15) is 18.9 Å². The van der Waals surface area contributed by atoms with E-state index in [-0.39, 0.29) is 5.91 Å². The molecule has 0 heterocycles. The fraction of sp³-hybridized carbons (Fsp3) is 0.375. The molecular weight excluding hydrogens is 304 g/mol. The van der Waals surface area contributed by atoms with Gasteiger partial charge in [0.2, 0.25) is 5.91 Å². The largest absolute Gasteiger partial charge is 0.491 e. The molecule has 22 heavy (non-hydrogen) atoms. The third-order valence-corrected chi connectivity index (χ3v) is 3.17. The van der Waals surface area contributed by atoms with Crippen LogP contribution in [-0.4, -0.2) is 38.1 Å². The second-order valence-corrected chi connectivity index (χ2v) is 4.88. The predicted octanol–water partition coefficient (Wildman–Crippen LogP) is 3.13. The molecule has 0 N–H and O–H groups in total. The van der Waals surface area contributed by atoms with E-state index in [1.165, 1.54) is 18.1 Å². The summed E-state index contributed by atoms with van der Waals surface area (Å²) >= 11 is 6.15. The molecule has 118 valence electrons. The maximum atomic E-state index is 11.9. The quantitative estimate of drug-likeness (QED) is 0.723. The Labute approximate surface area is 135 Å². The summed E-state index contributed by atoms with van der Waals surface area (Å²) in [5.74, 6) is 0.820. The van der Waals surface area contributed by atoms with Crippen molar-refractivity contribution in [1.82, 2.24) is 4.90 Å². The zero-order valence-electron chi connectivity index (χ0n) is 12.9. The number of amides is 1. The molecule has 0 unspecified atom stereocenters. The Kier molecular flexibility index (Phi) is 7.27. The fourth-order valence-electron chi connectivity index (χ4n) is 1.77. The van der Waals surface area contributed by atoms with E-state index < -0.39 is 0 Å². The summed E-state index contributed by atoms with van der Waals surface area (Å²) < 4.78 is 10.7. The highest BCUT2D eigenvalue weighted by molar-refractivity contribution is 6.32. The van der Waals surface area contributed by atoms with Crippen LogP contribution in [0.4, 0.5) is 0 Å². The van der Waals surface area contributed by atoms with Crippen molar-refractivity contribution in [2.45, 2.75) is 13.3 Å². The van der Waals surface area contributed by atoms with Crippen molar-refractivity contribution in [3.8, 4) is 17.6 Å². The molecular formula is C16H19ClN2O3. The van der Waals surface area contributed by atoms with E-state index in [1.807, 2.05) is 13.0 Å². The van der Waals surface area contributed by atoms with Gasteiger partial charge < -0.3 is 14.4 Å². The van der Waals surface area contributed by atoms with Gasteiger partial charge >= 0.3 is 0 Å². The number of likely N-dealkylation sites (N-methyl/N-ethyl adjacent to an activating group) is 1. The number of benzene rings is 1. The molecule has 6 heteroatoms. The number of carbonyl (C=O) groups is 1. The number of rotatable bonds is 7. The molecule has 0 aliphatic heterocycles. The maximum Gasteiger partial charge on any atom is 0.246 e. The van der Waals surface area contributed by atoms with Crippen LogP contribution in [0.25, 0.3) is 6.08 Å². The lowest BCUT2D eigenvalue weighted by molar-refractivity contribution is -0.124. The first-order chi connectivity index (χ1) is 10.5. The third-order valence-electron chi connectivity index (χ3n) is 2.89. The van der Waals surface area contributed by atoms with E-state index in [4.69, 9.17) is 26.3 Å². The zero-order valence-corrected chi connectivity index (χ0v) is 13.7. The van der Waals surface area contributed by atoms with Gasteiger partial charge in [-0.15, -0.1) is 0 Å². The van der Waals surface area contributed by atoms with Crippen molar-refractivity contribution in [2.24, 2.45) is 0 Å². The Morgan fingerprint density at radius 3 is 2.82 bits per heavy atom. The normalized spacial score (nSPS) is 10.3. The number of nitrogens with zero attached hydrogens (tertiary/aromatic N) is 2. The Balaban J connectivity index is 2.91. The smallest absolute Gasteiger partial charge is 0.246 e. The molecule has 0 bridgehead atoms. The van der Waals surface area contributed by atoms with Crippen molar-refractivity contribution in [2.75, 3.05) is 27.3 Å². The van der Waals surface area contributed by atoms with Gasteiger partial charge in [-0.3, -0.25) is 4.79 Å². The van der Waals surface area contributed by atoms with Gasteiger partial charge in [0.1, 0.15) is 0 Å². The van der Waals surface area contributed by atoms with E-state index >= 15 is 0 Å². The zero-order chi connectivity index (χ0) is 16.5. The number of methoxy groups -OCH3 is 1. The molecule has 1 amide bonds. The lowest BCUT2D eigenvalue weighted by Crippen LogP contribution is -2.25. The summed E-state index contributed by atoms with van der Waals surface area (Å²) in [6, 6.07) is 5.46. The van der Waals surface area contributed by atoms with Crippen molar-refractivity contribution >= 4 is 23.6 Å². The number of halogens is 1. The molecule has 0 aliphatic carbocycles. The third kappa shape index (κ3) is 4.97. The molecule has 0 spiro atoms. The first-order valence-corrected chi connectivity index (χ1v) is 7.21. The van der Waals surface area contributed by atoms with Gasteiger partial charge in [0.15, 0.2) is 11.5 Å². The minimum atomic E-state index is -0.180. The minimum Gasteiger partial charge on any atom is -0.491 e. The summed E-state index contributed by atoms with van der Waals surface area (Å²) in [5.41, 5.74) is 0.733. The second kappa shape index (κ2) is 8.96.